The van der Waals surface area contributed by atoms with Gasteiger partial charge in [-0.2, -0.15) is 0 Å². The number of aryl methyl sites for hydroxylation is 1. The molecule has 246 valence electrons. The predicted molar refractivity (Wildman–Crippen MR) is 175 cm³/mol. The van der Waals surface area contributed by atoms with Crippen molar-refractivity contribution >= 4 is 35.0 Å². The first-order valence-electron chi connectivity index (χ1n) is 15.4. The Kier molecular flexibility index (Phi) is 13.6. The maximum atomic E-state index is 12.6. The molecule has 1 aliphatic heterocycles. The van der Waals surface area contributed by atoms with Crippen molar-refractivity contribution in [3.05, 3.63) is 47.8 Å². The number of likely N-dealkylation sites (N-methyl/N-ethyl adjacent to an activating group) is 2. The first-order valence-corrected chi connectivity index (χ1v) is 15.4. The van der Waals surface area contributed by atoms with Gasteiger partial charge in [0.25, 0.3) is 5.91 Å². The van der Waals surface area contributed by atoms with Crippen LogP contribution in [0.15, 0.2) is 36.4 Å². The zero-order valence-corrected chi connectivity index (χ0v) is 27.3. The van der Waals surface area contributed by atoms with Gasteiger partial charge >= 0.3 is 0 Å². The van der Waals surface area contributed by atoms with Crippen LogP contribution >= 0.6 is 0 Å². The number of nitrogens with one attached hydrogen (secondary N) is 2. The Hall–Kier alpha value is -4.23. The Balaban J connectivity index is 1.57. The van der Waals surface area contributed by atoms with Crippen LogP contribution in [0.4, 0.5) is 17.3 Å². The van der Waals surface area contributed by atoms with Gasteiger partial charge in [-0.15, -0.1) is 0 Å². The van der Waals surface area contributed by atoms with Gasteiger partial charge in [-0.3, -0.25) is 14.4 Å². The molecule has 0 unspecified atom stereocenters. The molecule has 1 saturated heterocycles. The molecule has 1 aromatic carbocycles. The van der Waals surface area contributed by atoms with Crippen molar-refractivity contribution < 1.29 is 23.9 Å². The number of hydrogen-bond donors (Lipinski definition) is 3. The monoisotopic (exact) mass is 624 g/mol. The van der Waals surface area contributed by atoms with Gasteiger partial charge in [-0.1, -0.05) is 19.1 Å². The van der Waals surface area contributed by atoms with Crippen LogP contribution in [0.5, 0.6) is 5.75 Å². The molecule has 0 saturated carbocycles. The second-order valence-corrected chi connectivity index (χ2v) is 11.3. The first kappa shape index (κ1) is 35.3. The molecule has 1 atom stereocenters. The van der Waals surface area contributed by atoms with E-state index >= 15 is 0 Å². The lowest BCUT2D eigenvalue weighted by molar-refractivity contribution is -0.135. The van der Waals surface area contributed by atoms with E-state index in [0.717, 1.165) is 12.8 Å². The van der Waals surface area contributed by atoms with Gasteiger partial charge in [-0.25, -0.2) is 9.97 Å². The fourth-order valence-electron chi connectivity index (χ4n) is 4.76. The number of carbonyl (C=O) groups is 3. The summed E-state index contributed by atoms with van der Waals surface area (Å²) in [5, 5.41) is 6.07. The fraction of sp³-hybridized carbons (Fsp3) is 0.531. The van der Waals surface area contributed by atoms with Crippen molar-refractivity contribution in [2.24, 2.45) is 5.73 Å². The SMILES string of the molecule is CCc1nc(C(N)=O)c(Nc2cccc(OCCCNC(=O)[C@H](C)N(C)C(=O)/C=C/CN(C)C)c2)nc1N(C)C1CCOCC1. The highest BCUT2D eigenvalue weighted by Crippen LogP contribution is 2.28. The number of primary amides is 1. The van der Waals surface area contributed by atoms with Crippen LogP contribution < -0.4 is 26.0 Å². The second-order valence-electron chi connectivity index (χ2n) is 11.3. The third kappa shape index (κ3) is 10.4. The number of nitrogens with two attached hydrogens (primary N) is 1. The molecule has 2 heterocycles. The molecule has 4 N–H and O–H groups in total. The zero-order chi connectivity index (χ0) is 32.9. The molecular formula is C32H48N8O5. The van der Waals surface area contributed by atoms with Crippen LogP contribution in [0.25, 0.3) is 0 Å². The third-order valence-corrected chi connectivity index (χ3v) is 7.61. The summed E-state index contributed by atoms with van der Waals surface area (Å²) in [6.45, 7) is 6.45. The molecular weight excluding hydrogens is 576 g/mol. The minimum absolute atomic E-state index is 0.0733. The normalized spacial score (nSPS) is 14.3. The van der Waals surface area contributed by atoms with E-state index in [-0.39, 0.29) is 29.4 Å². The molecule has 3 rings (SSSR count). The van der Waals surface area contributed by atoms with Crippen LogP contribution in [0.2, 0.25) is 0 Å². The summed E-state index contributed by atoms with van der Waals surface area (Å²) >= 11 is 0. The Morgan fingerprint density at radius 3 is 2.56 bits per heavy atom. The highest BCUT2D eigenvalue weighted by atomic mass is 16.5. The van der Waals surface area contributed by atoms with Crippen molar-refractivity contribution in [3.8, 4) is 5.75 Å². The standard InChI is InChI=1S/C32H48N8O5/c1-7-26-31(40(6)24-14-19-44-20-15-24)37-30(28(36-26)29(33)42)35-23-11-8-12-25(21-23)45-18-10-16-34-32(43)22(2)39(5)27(41)13-9-17-38(3)4/h8-9,11-13,21-22,24H,7,10,14-20H2,1-6H3,(H2,33,42)(H,34,43)(H,35,37)/b13-9+/t22-/m0/s1. The molecule has 13 heteroatoms. The number of benzene rings is 1. The van der Waals surface area contributed by atoms with Gasteiger partial charge in [-0.05, 0) is 58.8 Å². The zero-order valence-electron chi connectivity index (χ0n) is 27.3. The van der Waals surface area contributed by atoms with Crippen molar-refractivity contribution in [3.63, 3.8) is 0 Å². The van der Waals surface area contributed by atoms with E-state index in [4.69, 9.17) is 20.2 Å². The van der Waals surface area contributed by atoms with Gasteiger partial charge in [0.2, 0.25) is 11.8 Å². The number of amides is 3. The predicted octanol–water partition coefficient (Wildman–Crippen LogP) is 2.35. The van der Waals surface area contributed by atoms with Crippen LogP contribution in [-0.4, -0.2) is 111 Å². The van der Waals surface area contributed by atoms with Crippen LogP contribution in [0.3, 0.4) is 0 Å². The summed E-state index contributed by atoms with van der Waals surface area (Å²) in [5.41, 5.74) is 7.13. The number of carbonyl (C=O) groups excluding carboxylic acids is 3. The first-order chi connectivity index (χ1) is 21.5. The maximum Gasteiger partial charge on any atom is 0.271 e. The minimum atomic E-state index is -0.667. The van der Waals surface area contributed by atoms with Crippen molar-refractivity contribution in [1.82, 2.24) is 25.1 Å². The van der Waals surface area contributed by atoms with Gasteiger partial charge in [0.05, 0.1) is 12.3 Å². The molecule has 13 nitrogen and oxygen atoms in total. The summed E-state index contributed by atoms with van der Waals surface area (Å²) in [6, 6.07) is 6.93. The Labute approximate surface area is 266 Å². The fourth-order valence-corrected chi connectivity index (χ4v) is 4.76. The van der Waals surface area contributed by atoms with E-state index in [1.807, 2.05) is 51.2 Å². The molecule has 1 aliphatic rings. The van der Waals surface area contributed by atoms with Crippen LogP contribution in [0, 0.1) is 0 Å². The summed E-state index contributed by atoms with van der Waals surface area (Å²) in [4.78, 5) is 52.1. The maximum absolute atomic E-state index is 12.6. The molecule has 1 fully saturated rings. The highest BCUT2D eigenvalue weighted by molar-refractivity contribution is 5.96. The van der Waals surface area contributed by atoms with E-state index < -0.39 is 11.9 Å². The largest absolute Gasteiger partial charge is 0.493 e. The summed E-state index contributed by atoms with van der Waals surface area (Å²) < 4.78 is 11.4. The topological polar surface area (TPSA) is 155 Å². The van der Waals surface area contributed by atoms with E-state index in [0.29, 0.717) is 68.7 Å². The summed E-state index contributed by atoms with van der Waals surface area (Å²) in [5.74, 6) is 0.457. The molecule has 45 heavy (non-hydrogen) atoms. The number of rotatable bonds is 16. The number of ether oxygens (including phenoxy) is 2. The van der Waals surface area contributed by atoms with E-state index in [1.54, 1.807) is 26.1 Å². The van der Waals surface area contributed by atoms with Gasteiger partial charge < -0.3 is 40.5 Å². The smallest absolute Gasteiger partial charge is 0.271 e. The lowest BCUT2D eigenvalue weighted by Gasteiger charge is -2.33. The summed E-state index contributed by atoms with van der Waals surface area (Å²) in [6.07, 6.45) is 6.18. The van der Waals surface area contributed by atoms with Crippen molar-refractivity contribution in [1.29, 1.82) is 0 Å². The highest BCUT2D eigenvalue weighted by Gasteiger charge is 2.25. The van der Waals surface area contributed by atoms with E-state index in [9.17, 15) is 14.4 Å². The Morgan fingerprint density at radius 1 is 1.16 bits per heavy atom. The minimum Gasteiger partial charge on any atom is -0.493 e. The lowest BCUT2D eigenvalue weighted by Crippen LogP contribution is -2.45. The van der Waals surface area contributed by atoms with Gasteiger partial charge in [0.1, 0.15) is 11.8 Å². The quantitative estimate of drug-likeness (QED) is 0.187. The number of anilines is 3. The van der Waals surface area contributed by atoms with E-state index in [2.05, 4.69) is 20.5 Å². The van der Waals surface area contributed by atoms with Crippen molar-refractivity contribution in [2.45, 2.75) is 51.6 Å². The second kappa shape index (κ2) is 17.3. The van der Waals surface area contributed by atoms with Crippen LogP contribution in [-0.2, 0) is 20.7 Å². The number of nitrogens with zero attached hydrogens (tertiary/aromatic N) is 5. The average molecular weight is 625 g/mol. The van der Waals surface area contributed by atoms with E-state index in [1.165, 1.54) is 11.0 Å². The molecule has 0 spiro atoms. The Morgan fingerprint density at radius 2 is 1.89 bits per heavy atom. The molecule has 3 amide bonds. The number of hydrogen-bond acceptors (Lipinski definition) is 10. The molecule has 0 bridgehead atoms. The molecule has 2 aromatic rings. The summed E-state index contributed by atoms with van der Waals surface area (Å²) in [7, 11) is 7.43. The molecule has 1 aromatic heterocycles. The lowest BCUT2D eigenvalue weighted by atomic mass is 10.1. The average Bonchev–Trinajstić information content (AvgIpc) is 3.03. The number of aromatic nitrogens is 2. The van der Waals surface area contributed by atoms with Gasteiger partial charge in [0.15, 0.2) is 17.3 Å². The van der Waals surface area contributed by atoms with Crippen molar-refractivity contribution in [2.75, 3.05) is 71.3 Å². The molecule has 0 aliphatic carbocycles. The van der Waals surface area contributed by atoms with Crippen LogP contribution in [0.1, 0.15) is 49.3 Å². The van der Waals surface area contributed by atoms with Gasteiger partial charge in [0, 0.05) is 64.3 Å². The third-order valence-electron chi connectivity index (χ3n) is 7.61. The Bertz CT molecular complexity index is 1330. The molecule has 0 radical (unpaired) electrons.